The lowest BCUT2D eigenvalue weighted by atomic mass is 9.94. The Hall–Kier alpha value is -1.64. The van der Waals surface area contributed by atoms with E-state index in [1.54, 1.807) is 0 Å². The lowest BCUT2D eigenvalue weighted by molar-refractivity contribution is 1.05. The molecule has 0 aliphatic carbocycles. The monoisotopic (exact) mass is 320 g/mol. The van der Waals surface area contributed by atoms with Crippen molar-refractivity contribution in [2.75, 3.05) is 0 Å². The molecule has 2 heteroatoms. The minimum absolute atomic E-state index is 0.419. The standard InChI is InChI=1S/C20H16S2/c1-3-9-15(10-4-1)19-17-13-7-8-14-18(17)20(22-21-19)16-11-5-2-6-12-16/h1-14,19-20H. The molecule has 3 aromatic rings. The van der Waals surface area contributed by atoms with Crippen LogP contribution in [0.2, 0.25) is 0 Å². The summed E-state index contributed by atoms with van der Waals surface area (Å²) in [4.78, 5) is 0. The van der Waals surface area contributed by atoms with Crippen LogP contribution >= 0.6 is 21.6 Å². The highest BCUT2D eigenvalue weighted by molar-refractivity contribution is 8.77. The van der Waals surface area contributed by atoms with Gasteiger partial charge in [-0.2, -0.15) is 0 Å². The molecule has 0 bridgehead atoms. The fourth-order valence-corrected chi connectivity index (χ4v) is 6.28. The van der Waals surface area contributed by atoms with E-state index < -0.39 is 0 Å². The van der Waals surface area contributed by atoms with Crippen molar-refractivity contribution < 1.29 is 0 Å². The fourth-order valence-electron chi connectivity index (χ4n) is 2.93. The highest BCUT2D eigenvalue weighted by atomic mass is 33.1. The zero-order chi connectivity index (χ0) is 14.8. The summed E-state index contributed by atoms with van der Waals surface area (Å²) >= 11 is 0. The third kappa shape index (κ3) is 2.57. The average Bonchev–Trinajstić information content (AvgIpc) is 2.62. The zero-order valence-corrected chi connectivity index (χ0v) is 13.7. The van der Waals surface area contributed by atoms with E-state index in [1.165, 1.54) is 22.3 Å². The second-order valence-electron chi connectivity index (χ2n) is 5.40. The van der Waals surface area contributed by atoms with E-state index in [0.29, 0.717) is 10.5 Å². The molecule has 0 fully saturated rings. The summed E-state index contributed by atoms with van der Waals surface area (Å²) in [5.41, 5.74) is 5.68. The lowest BCUT2D eigenvalue weighted by Crippen LogP contribution is -2.09. The molecule has 3 aromatic carbocycles. The molecule has 2 unspecified atom stereocenters. The Bertz CT molecular complexity index is 686. The molecule has 0 radical (unpaired) electrons. The van der Waals surface area contributed by atoms with Gasteiger partial charge in [0.2, 0.25) is 0 Å². The molecule has 0 spiro atoms. The van der Waals surface area contributed by atoms with Gasteiger partial charge in [0.05, 0.1) is 10.5 Å². The van der Waals surface area contributed by atoms with Gasteiger partial charge >= 0.3 is 0 Å². The molecule has 1 aliphatic rings. The summed E-state index contributed by atoms with van der Waals surface area (Å²) in [7, 11) is 3.96. The molecule has 108 valence electrons. The summed E-state index contributed by atoms with van der Waals surface area (Å²) in [6.45, 7) is 0. The lowest BCUT2D eigenvalue weighted by Gasteiger charge is -2.31. The van der Waals surface area contributed by atoms with E-state index in [1.807, 2.05) is 21.6 Å². The van der Waals surface area contributed by atoms with Crippen molar-refractivity contribution in [3.8, 4) is 0 Å². The van der Waals surface area contributed by atoms with E-state index in [9.17, 15) is 0 Å². The first-order valence-electron chi connectivity index (χ1n) is 7.44. The van der Waals surface area contributed by atoms with Crippen molar-refractivity contribution in [2.45, 2.75) is 10.5 Å². The Morgan fingerprint density at radius 1 is 0.455 bits per heavy atom. The van der Waals surface area contributed by atoms with E-state index >= 15 is 0 Å². The number of rotatable bonds is 2. The first-order valence-corrected chi connectivity index (χ1v) is 9.72. The van der Waals surface area contributed by atoms with Gasteiger partial charge in [0.1, 0.15) is 0 Å². The molecule has 0 nitrogen and oxygen atoms in total. The van der Waals surface area contributed by atoms with Crippen molar-refractivity contribution in [2.24, 2.45) is 0 Å². The van der Waals surface area contributed by atoms with Gasteiger partial charge in [0, 0.05) is 0 Å². The van der Waals surface area contributed by atoms with Crippen LogP contribution < -0.4 is 0 Å². The fraction of sp³-hybridized carbons (Fsp3) is 0.100. The van der Waals surface area contributed by atoms with Crippen LogP contribution in [-0.4, -0.2) is 0 Å². The maximum atomic E-state index is 2.29. The van der Waals surface area contributed by atoms with E-state index in [0.717, 1.165) is 0 Å². The van der Waals surface area contributed by atoms with Gasteiger partial charge in [0.15, 0.2) is 0 Å². The van der Waals surface area contributed by atoms with Crippen LogP contribution in [0.25, 0.3) is 0 Å². The van der Waals surface area contributed by atoms with Crippen LogP contribution in [0.4, 0.5) is 0 Å². The molecule has 0 amide bonds. The van der Waals surface area contributed by atoms with Crippen LogP contribution in [0, 0.1) is 0 Å². The minimum Gasteiger partial charge on any atom is -0.0801 e. The molecular formula is C20H16S2. The van der Waals surface area contributed by atoms with Gasteiger partial charge in [-0.1, -0.05) is 107 Å². The SMILES string of the molecule is c1ccc(C2SSC(c3ccccc3)c3ccccc32)cc1. The summed E-state index contributed by atoms with van der Waals surface area (Å²) < 4.78 is 0. The van der Waals surface area contributed by atoms with Crippen molar-refractivity contribution >= 4 is 21.6 Å². The highest BCUT2D eigenvalue weighted by Gasteiger charge is 2.30. The van der Waals surface area contributed by atoms with E-state index in [4.69, 9.17) is 0 Å². The molecule has 1 heterocycles. The largest absolute Gasteiger partial charge is 0.0801 e. The number of fused-ring (bicyclic) bond motifs is 1. The molecule has 4 rings (SSSR count). The first-order chi connectivity index (χ1) is 10.9. The average molecular weight is 320 g/mol. The Morgan fingerprint density at radius 3 is 1.23 bits per heavy atom. The van der Waals surface area contributed by atoms with Gasteiger partial charge in [-0.15, -0.1) is 0 Å². The van der Waals surface area contributed by atoms with Crippen molar-refractivity contribution in [1.29, 1.82) is 0 Å². The molecule has 0 aromatic heterocycles. The number of hydrogen-bond acceptors (Lipinski definition) is 2. The zero-order valence-electron chi connectivity index (χ0n) is 12.1. The molecule has 2 atom stereocenters. The van der Waals surface area contributed by atoms with Crippen molar-refractivity contribution in [3.63, 3.8) is 0 Å². The van der Waals surface area contributed by atoms with Gasteiger partial charge in [-0.05, 0) is 22.3 Å². The highest BCUT2D eigenvalue weighted by Crippen LogP contribution is 2.57. The smallest absolute Gasteiger partial charge is 0.0654 e. The van der Waals surface area contributed by atoms with Gasteiger partial charge in [-0.25, -0.2) is 0 Å². The van der Waals surface area contributed by atoms with Crippen LogP contribution in [-0.2, 0) is 0 Å². The van der Waals surface area contributed by atoms with E-state index in [2.05, 4.69) is 84.9 Å². The summed E-state index contributed by atoms with van der Waals surface area (Å²) in [6.07, 6.45) is 0. The Morgan fingerprint density at radius 2 is 0.818 bits per heavy atom. The number of hydrogen-bond donors (Lipinski definition) is 0. The Labute approximate surface area is 139 Å². The second-order valence-corrected chi connectivity index (χ2v) is 7.89. The predicted molar refractivity (Wildman–Crippen MR) is 98.2 cm³/mol. The molecule has 0 saturated carbocycles. The predicted octanol–water partition coefficient (Wildman–Crippen LogP) is 6.26. The topological polar surface area (TPSA) is 0 Å². The first kappa shape index (κ1) is 14.0. The van der Waals surface area contributed by atoms with Crippen LogP contribution in [0.1, 0.15) is 32.8 Å². The summed E-state index contributed by atoms with van der Waals surface area (Å²) in [5.74, 6) is 0. The van der Waals surface area contributed by atoms with Crippen LogP contribution in [0.5, 0.6) is 0 Å². The third-order valence-corrected chi connectivity index (χ3v) is 7.05. The molecular weight excluding hydrogens is 304 g/mol. The maximum Gasteiger partial charge on any atom is 0.0654 e. The summed E-state index contributed by atoms with van der Waals surface area (Å²) in [5, 5.41) is 0.838. The van der Waals surface area contributed by atoms with Crippen LogP contribution in [0.15, 0.2) is 84.9 Å². The number of benzene rings is 3. The Kier molecular flexibility index (Phi) is 3.96. The normalized spacial score (nSPS) is 20.4. The van der Waals surface area contributed by atoms with Crippen LogP contribution in [0.3, 0.4) is 0 Å². The minimum atomic E-state index is 0.419. The van der Waals surface area contributed by atoms with Gasteiger partial charge in [0.25, 0.3) is 0 Å². The Balaban J connectivity index is 1.79. The van der Waals surface area contributed by atoms with E-state index in [-0.39, 0.29) is 0 Å². The molecule has 0 saturated heterocycles. The van der Waals surface area contributed by atoms with Crippen molar-refractivity contribution in [1.82, 2.24) is 0 Å². The van der Waals surface area contributed by atoms with Gasteiger partial charge < -0.3 is 0 Å². The third-order valence-electron chi connectivity index (χ3n) is 4.01. The molecule has 22 heavy (non-hydrogen) atoms. The molecule has 0 N–H and O–H groups in total. The quantitative estimate of drug-likeness (QED) is 0.511. The summed E-state index contributed by atoms with van der Waals surface area (Å²) in [6, 6.07) is 30.5. The maximum absolute atomic E-state index is 2.29. The molecule has 1 aliphatic heterocycles. The second kappa shape index (κ2) is 6.23. The van der Waals surface area contributed by atoms with Gasteiger partial charge in [-0.3, -0.25) is 0 Å². The van der Waals surface area contributed by atoms with Crippen molar-refractivity contribution in [3.05, 3.63) is 107 Å².